The molecule has 28 heavy (non-hydrogen) atoms. The molecule has 0 saturated heterocycles. The van der Waals surface area contributed by atoms with E-state index in [4.69, 9.17) is 14.0 Å². The van der Waals surface area contributed by atoms with Crippen LogP contribution in [0.3, 0.4) is 0 Å². The summed E-state index contributed by atoms with van der Waals surface area (Å²) in [5.41, 5.74) is 2.14. The number of ether oxygens (including phenoxy) is 2. The first-order valence-corrected chi connectivity index (χ1v) is 9.18. The summed E-state index contributed by atoms with van der Waals surface area (Å²) in [5, 5.41) is 3.98. The van der Waals surface area contributed by atoms with Gasteiger partial charge >= 0.3 is 0 Å². The van der Waals surface area contributed by atoms with E-state index in [0.717, 1.165) is 6.42 Å². The number of amides is 1. The van der Waals surface area contributed by atoms with Gasteiger partial charge in [0.2, 0.25) is 0 Å². The Kier molecular flexibility index (Phi) is 6.32. The Labute approximate surface area is 164 Å². The monoisotopic (exact) mass is 380 g/mol. The lowest BCUT2D eigenvalue weighted by Crippen LogP contribution is -2.32. The number of hydrogen-bond acceptors (Lipinski definition) is 5. The average molecular weight is 380 g/mol. The quantitative estimate of drug-likeness (QED) is 0.590. The molecule has 0 radical (unpaired) electrons. The maximum absolute atomic E-state index is 12.9. The molecular weight excluding hydrogens is 356 g/mol. The fraction of sp³-hybridized carbons (Fsp3) is 0.273. The van der Waals surface area contributed by atoms with Gasteiger partial charge in [0.05, 0.1) is 19.8 Å². The van der Waals surface area contributed by atoms with Crippen LogP contribution in [0.4, 0.5) is 0 Å². The van der Waals surface area contributed by atoms with Crippen molar-refractivity contribution in [3.05, 3.63) is 65.9 Å². The third kappa shape index (κ3) is 4.34. The molecule has 1 aromatic heterocycles. The topological polar surface area (TPSA) is 64.8 Å². The number of nitrogens with zero attached hydrogens (tertiary/aromatic N) is 2. The summed E-state index contributed by atoms with van der Waals surface area (Å²) < 4.78 is 16.1. The zero-order valence-corrected chi connectivity index (χ0v) is 16.3. The Balaban J connectivity index is 1.77. The van der Waals surface area contributed by atoms with Gasteiger partial charge in [0, 0.05) is 19.2 Å². The zero-order valence-electron chi connectivity index (χ0n) is 16.3. The van der Waals surface area contributed by atoms with Crippen LogP contribution < -0.4 is 9.47 Å². The number of aromatic nitrogens is 1. The first kappa shape index (κ1) is 19.5. The predicted octanol–water partition coefficient (Wildman–Crippen LogP) is 4.06. The first-order chi connectivity index (χ1) is 13.7. The standard InChI is InChI=1S/C22H24N2O4/c1-4-24(13-12-16-8-6-5-7-9-16)22(25)19-15-21(28-23-19)18-14-17(26-2)10-11-20(18)27-3/h5-11,14-15H,4,12-13H2,1-3H3. The third-order valence-corrected chi connectivity index (χ3v) is 4.58. The molecule has 0 spiro atoms. The Morgan fingerprint density at radius 3 is 2.54 bits per heavy atom. The molecule has 1 amide bonds. The van der Waals surface area contributed by atoms with E-state index in [2.05, 4.69) is 17.3 Å². The van der Waals surface area contributed by atoms with E-state index in [1.165, 1.54) is 5.56 Å². The van der Waals surface area contributed by atoms with Crippen molar-refractivity contribution in [3.63, 3.8) is 0 Å². The molecule has 6 nitrogen and oxygen atoms in total. The van der Waals surface area contributed by atoms with Crippen LogP contribution in [-0.2, 0) is 6.42 Å². The molecule has 0 fully saturated rings. The largest absolute Gasteiger partial charge is 0.497 e. The van der Waals surface area contributed by atoms with E-state index >= 15 is 0 Å². The van der Waals surface area contributed by atoms with Crippen molar-refractivity contribution in [2.75, 3.05) is 27.3 Å². The smallest absolute Gasteiger partial charge is 0.276 e. The van der Waals surface area contributed by atoms with E-state index in [-0.39, 0.29) is 11.6 Å². The molecule has 0 unspecified atom stereocenters. The lowest BCUT2D eigenvalue weighted by molar-refractivity contribution is 0.0756. The van der Waals surface area contributed by atoms with Gasteiger partial charge in [0.25, 0.3) is 5.91 Å². The molecule has 0 bridgehead atoms. The lowest BCUT2D eigenvalue weighted by atomic mass is 10.1. The third-order valence-electron chi connectivity index (χ3n) is 4.58. The van der Waals surface area contributed by atoms with E-state index in [1.54, 1.807) is 43.4 Å². The fourth-order valence-electron chi connectivity index (χ4n) is 2.98. The molecule has 146 valence electrons. The molecule has 6 heteroatoms. The maximum Gasteiger partial charge on any atom is 0.276 e. The number of likely N-dealkylation sites (N-methyl/N-ethyl adjacent to an activating group) is 1. The van der Waals surface area contributed by atoms with Gasteiger partial charge in [-0.2, -0.15) is 0 Å². The summed E-state index contributed by atoms with van der Waals surface area (Å²) in [7, 11) is 3.17. The molecule has 0 aliphatic carbocycles. The number of benzene rings is 2. The summed E-state index contributed by atoms with van der Waals surface area (Å²) in [6.07, 6.45) is 0.787. The van der Waals surface area contributed by atoms with Crippen molar-refractivity contribution < 1.29 is 18.8 Å². The maximum atomic E-state index is 12.9. The number of hydrogen-bond donors (Lipinski definition) is 0. The van der Waals surface area contributed by atoms with Crippen molar-refractivity contribution >= 4 is 5.91 Å². The highest BCUT2D eigenvalue weighted by molar-refractivity contribution is 5.93. The fourth-order valence-corrected chi connectivity index (χ4v) is 2.98. The van der Waals surface area contributed by atoms with Gasteiger partial charge in [-0.15, -0.1) is 0 Å². The van der Waals surface area contributed by atoms with Gasteiger partial charge in [0.15, 0.2) is 11.5 Å². The van der Waals surface area contributed by atoms with Crippen LogP contribution in [0.2, 0.25) is 0 Å². The Bertz CT molecular complexity index is 921. The van der Waals surface area contributed by atoms with Crippen molar-refractivity contribution in [1.82, 2.24) is 10.1 Å². The minimum atomic E-state index is -0.157. The van der Waals surface area contributed by atoms with Gasteiger partial charge in [-0.05, 0) is 37.1 Å². The molecule has 0 atom stereocenters. The van der Waals surface area contributed by atoms with Crippen LogP contribution in [0, 0.1) is 0 Å². The number of methoxy groups -OCH3 is 2. The van der Waals surface area contributed by atoms with E-state index < -0.39 is 0 Å². The van der Waals surface area contributed by atoms with Crippen molar-refractivity contribution in [2.45, 2.75) is 13.3 Å². The molecule has 0 N–H and O–H groups in total. The average Bonchev–Trinajstić information content (AvgIpc) is 3.24. The molecule has 0 aliphatic rings. The van der Waals surface area contributed by atoms with Crippen LogP contribution in [0.15, 0.2) is 59.1 Å². The van der Waals surface area contributed by atoms with Crippen LogP contribution in [-0.4, -0.2) is 43.3 Å². The van der Waals surface area contributed by atoms with Gasteiger partial charge in [-0.25, -0.2) is 0 Å². The normalized spacial score (nSPS) is 10.5. The second-order valence-electron chi connectivity index (χ2n) is 6.26. The highest BCUT2D eigenvalue weighted by atomic mass is 16.5. The highest BCUT2D eigenvalue weighted by Gasteiger charge is 2.21. The first-order valence-electron chi connectivity index (χ1n) is 9.18. The Hall–Kier alpha value is -3.28. The SMILES string of the molecule is CCN(CCc1ccccc1)C(=O)c1cc(-c2cc(OC)ccc2OC)on1. The molecule has 0 aliphatic heterocycles. The predicted molar refractivity (Wildman–Crippen MR) is 107 cm³/mol. The molecule has 0 saturated carbocycles. The lowest BCUT2D eigenvalue weighted by Gasteiger charge is -2.19. The second-order valence-corrected chi connectivity index (χ2v) is 6.26. The summed E-state index contributed by atoms with van der Waals surface area (Å²) in [6, 6.07) is 17.1. The van der Waals surface area contributed by atoms with E-state index in [9.17, 15) is 4.79 Å². The summed E-state index contributed by atoms with van der Waals surface area (Å²) in [6.45, 7) is 3.16. The molecule has 1 heterocycles. The van der Waals surface area contributed by atoms with E-state index in [0.29, 0.717) is 35.9 Å². The van der Waals surface area contributed by atoms with E-state index in [1.807, 2.05) is 25.1 Å². The minimum absolute atomic E-state index is 0.157. The molecule has 3 rings (SSSR count). The van der Waals surface area contributed by atoms with Gasteiger partial charge in [-0.1, -0.05) is 35.5 Å². The number of rotatable bonds is 8. The molecular formula is C22H24N2O4. The van der Waals surface area contributed by atoms with Crippen molar-refractivity contribution in [3.8, 4) is 22.8 Å². The summed E-state index contributed by atoms with van der Waals surface area (Å²) in [5.74, 6) is 1.58. The van der Waals surface area contributed by atoms with Crippen LogP contribution >= 0.6 is 0 Å². The molecule has 3 aromatic rings. The van der Waals surface area contributed by atoms with Crippen LogP contribution in [0.25, 0.3) is 11.3 Å². The second kappa shape index (κ2) is 9.08. The molecule has 2 aromatic carbocycles. The summed E-state index contributed by atoms with van der Waals surface area (Å²) >= 11 is 0. The highest BCUT2D eigenvalue weighted by Crippen LogP contribution is 2.33. The van der Waals surface area contributed by atoms with Crippen molar-refractivity contribution in [2.24, 2.45) is 0 Å². The van der Waals surface area contributed by atoms with Crippen LogP contribution in [0.1, 0.15) is 23.0 Å². The summed E-state index contributed by atoms with van der Waals surface area (Å²) in [4.78, 5) is 14.6. The zero-order chi connectivity index (χ0) is 19.9. The van der Waals surface area contributed by atoms with Gasteiger partial charge in [0.1, 0.15) is 11.5 Å². The number of carbonyl (C=O) groups is 1. The Morgan fingerprint density at radius 1 is 1.07 bits per heavy atom. The number of carbonyl (C=O) groups excluding carboxylic acids is 1. The Morgan fingerprint density at radius 2 is 1.86 bits per heavy atom. The minimum Gasteiger partial charge on any atom is -0.497 e. The van der Waals surface area contributed by atoms with Gasteiger partial charge in [-0.3, -0.25) is 4.79 Å². The van der Waals surface area contributed by atoms with Crippen LogP contribution in [0.5, 0.6) is 11.5 Å². The van der Waals surface area contributed by atoms with Crippen molar-refractivity contribution in [1.29, 1.82) is 0 Å². The van der Waals surface area contributed by atoms with Gasteiger partial charge < -0.3 is 18.9 Å².